The van der Waals surface area contributed by atoms with Crippen LogP contribution in [0.15, 0.2) is 24.3 Å². The van der Waals surface area contributed by atoms with E-state index in [0.29, 0.717) is 5.56 Å². The van der Waals surface area contributed by atoms with Crippen molar-refractivity contribution in [3.63, 3.8) is 0 Å². The summed E-state index contributed by atoms with van der Waals surface area (Å²) in [5.74, 6) is -0.389. The molecule has 1 saturated heterocycles. The Morgan fingerprint density at radius 3 is 2.26 bits per heavy atom. The molecule has 3 amide bonds. The Morgan fingerprint density at radius 1 is 1.22 bits per heavy atom. The number of hydrogen-bond donors (Lipinski definition) is 1. The van der Waals surface area contributed by atoms with Crippen LogP contribution in [0.3, 0.4) is 0 Å². The van der Waals surface area contributed by atoms with Gasteiger partial charge in [-0.1, -0.05) is 20.8 Å². The number of benzene rings is 1. The van der Waals surface area contributed by atoms with Crippen LogP contribution in [-0.2, 0) is 14.8 Å². The number of non-ortho nitro benzene ring substituents is 1. The van der Waals surface area contributed by atoms with E-state index in [-0.39, 0.29) is 29.8 Å². The lowest BCUT2D eigenvalue weighted by atomic mass is 9.92. The number of imide groups is 1. The van der Waals surface area contributed by atoms with E-state index in [1.807, 2.05) is 0 Å². The Bertz CT molecular complexity index is 757. The lowest BCUT2D eigenvalue weighted by Crippen LogP contribution is -2.44. The van der Waals surface area contributed by atoms with Crippen LogP contribution in [0.2, 0.25) is 18.1 Å². The van der Waals surface area contributed by atoms with Crippen LogP contribution in [0, 0.1) is 10.1 Å². The molecule has 8 nitrogen and oxygen atoms in total. The van der Waals surface area contributed by atoms with Crippen LogP contribution < -0.4 is 5.32 Å². The van der Waals surface area contributed by atoms with Crippen LogP contribution in [0.4, 0.5) is 10.5 Å². The number of urea groups is 1. The number of nitrogens with one attached hydrogen (secondary N) is 1. The summed E-state index contributed by atoms with van der Waals surface area (Å²) in [4.78, 5) is 36.7. The molecule has 1 atom stereocenters. The Hall–Kier alpha value is -2.26. The molecule has 1 N–H and O–H groups in total. The van der Waals surface area contributed by atoms with Gasteiger partial charge in [0.25, 0.3) is 11.6 Å². The van der Waals surface area contributed by atoms with Gasteiger partial charge in [-0.25, -0.2) is 4.79 Å². The number of rotatable bonds is 6. The molecule has 0 aliphatic carbocycles. The summed E-state index contributed by atoms with van der Waals surface area (Å²) in [6.07, 6.45) is 0. The zero-order valence-electron chi connectivity index (χ0n) is 16.7. The standard InChI is InChI=1S/C18H27N3O5Si/c1-17(2,3)27(5,6)26-12-11-20-15(22)18(4,19-16(20)23)13-7-9-14(10-8-13)21(24)25/h7-10H,11-12H2,1-6H3,(H,19,23)/t18-/m1/s1. The predicted octanol–water partition coefficient (Wildman–Crippen LogP) is 3.38. The molecule has 1 aliphatic rings. The smallest absolute Gasteiger partial charge is 0.325 e. The van der Waals surface area contributed by atoms with Crippen LogP contribution in [0.5, 0.6) is 0 Å². The minimum absolute atomic E-state index is 0.0392. The average Bonchev–Trinajstić information content (AvgIpc) is 2.78. The van der Waals surface area contributed by atoms with Crippen molar-refractivity contribution >= 4 is 25.9 Å². The van der Waals surface area contributed by atoms with Gasteiger partial charge in [-0.15, -0.1) is 0 Å². The van der Waals surface area contributed by atoms with Crippen molar-refractivity contribution in [1.82, 2.24) is 10.2 Å². The van der Waals surface area contributed by atoms with E-state index in [0.717, 1.165) is 4.90 Å². The van der Waals surface area contributed by atoms with Crippen molar-refractivity contribution < 1.29 is 18.9 Å². The molecule has 1 fully saturated rings. The second kappa shape index (κ2) is 7.04. The van der Waals surface area contributed by atoms with Gasteiger partial charge in [0.15, 0.2) is 8.32 Å². The van der Waals surface area contributed by atoms with Crippen LogP contribution >= 0.6 is 0 Å². The first-order chi connectivity index (χ1) is 12.3. The molecule has 0 aromatic heterocycles. The molecule has 0 saturated carbocycles. The van der Waals surface area contributed by atoms with Gasteiger partial charge in [0.05, 0.1) is 18.1 Å². The number of carbonyl (C=O) groups excluding carboxylic acids is 2. The largest absolute Gasteiger partial charge is 0.415 e. The maximum atomic E-state index is 12.9. The first-order valence-corrected chi connectivity index (χ1v) is 11.7. The fraction of sp³-hybridized carbons (Fsp3) is 0.556. The number of nitro groups is 1. The van der Waals surface area contributed by atoms with Crippen molar-refractivity contribution in [3.8, 4) is 0 Å². The summed E-state index contributed by atoms with van der Waals surface area (Å²) in [5, 5.41) is 13.5. The minimum Gasteiger partial charge on any atom is -0.415 e. The zero-order valence-corrected chi connectivity index (χ0v) is 17.7. The molecular formula is C18H27N3O5Si. The van der Waals surface area contributed by atoms with Crippen LogP contribution in [0.25, 0.3) is 0 Å². The van der Waals surface area contributed by atoms with E-state index in [2.05, 4.69) is 39.2 Å². The Kier molecular flexibility index (Phi) is 5.49. The Morgan fingerprint density at radius 2 is 1.78 bits per heavy atom. The molecule has 9 heteroatoms. The zero-order chi connectivity index (χ0) is 20.6. The van der Waals surface area contributed by atoms with Gasteiger partial charge in [-0.05, 0) is 42.8 Å². The summed E-state index contributed by atoms with van der Waals surface area (Å²) < 4.78 is 6.06. The lowest BCUT2D eigenvalue weighted by molar-refractivity contribution is -0.384. The van der Waals surface area contributed by atoms with E-state index in [9.17, 15) is 19.7 Å². The third kappa shape index (κ3) is 4.03. The van der Waals surface area contributed by atoms with Crippen molar-refractivity contribution in [3.05, 3.63) is 39.9 Å². The van der Waals surface area contributed by atoms with Crippen molar-refractivity contribution in [1.29, 1.82) is 0 Å². The summed E-state index contributed by atoms with van der Waals surface area (Å²) in [7, 11) is -1.97. The highest BCUT2D eigenvalue weighted by atomic mass is 28.4. The van der Waals surface area contributed by atoms with Crippen LogP contribution in [-0.4, -0.2) is 43.2 Å². The molecule has 0 radical (unpaired) electrons. The van der Waals surface area contributed by atoms with E-state index in [1.165, 1.54) is 24.3 Å². The molecule has 0 bridgehead atoms. The van der Waals surface area contributed by atoms with Gasteiger partial charge in [-0.3, -0.25) is 19.8 Å². The van der Waals surface area contributed by atoms with E-state index in [1.54, 1.807) is 6.92 Å². The maximum absolute atomic E-state index is 12.9. The summed E-state index contributed by atoms with van der Waals surface area (Å²) >= 11 is 0. The Balaban J connectivity index is 2.11. The quantitative estimate of drug-likeness (QED) is 0.345. The monoisotopic (exact) mass is 393 g/mol. The number of nitrogens with zero attached hydrogens (tertiary/aromatic N) is 2. The number of carbonyl (C=O) groups is 2. The average molecular weight is 394 g/mol. The fourth-order valence-corrected chi connectivity index (χ4v) is 3.66. The molecule has 27 heavy (non-hydrogen) atoms. The topological polar surface area (TPSA) is 102 Å². The molecule has 1 heterocycles. The normalized spacial score (nSPS) is 20.7. The van der Waals surface area contributed by atoms with Crippen molar-refractivity contribution in [2.24, 2.45) is 0 Å². The molecule has 1 aliphatic heterocycles. The summed E-state index contributed by atoms with van der Waals surface area (Å²) in [5.41, 5.74) is -0.818. The SMILES string of the molecule is CC(C)(C)[Si](C)(C)OCCN1C(=O)N[C@](C)(c2ccc([N+](=O)[O-])cc2)C1=O. The first kappa shape index (κ1) is 21.0. The molecule has 0 unspecified atom stereocenters. The van der Waals surface area contributed by atoms with Gasteiger partial charge < -0.3 is 9.74 Å². The first-order valence-electron chi connectivity index (χ1n) is 8.82. The summed E-state index contributed by atoms with van der Waals surface area (Å²) in [6.45, 7) is 12.6. The highest BCUT2D eigenvalue weighted by molar-refractivity contribution is 6.74. The second-order valence-corrected chi connectivity index (χ2v) is 13.2. The maximum Gasteiger partial charge on any atom is 0.325 e. The van der Waals surface area contributed by atoms with E-state index in [4.69, 9.17) is 4.43 Å². The number of hydrogen-bond acceptors (Lipinski definition) is 5. The molecule has 1 aromatic carbocycles. The highest BCUT2D eigenvalue weighted by Crippen LogP contribution is 2.36. The van der Waals surface area contributed by atoms with Crippen LogP contribution in [0.1, 0.15) is 33.3 Å². The van der Waals surface area contributed by atoms with Gasteiger partial charge >= 0.3 is 6.03 Å². The third-order valence-electron chi connectivity index (χ3n) is 5.51. The van der Waals surface area contributed by atoms with Gasteiger partial charge in [-0.2, -0.15) is 0 Å². The van der Waals surface area contributed by atoms with E-state index >= 15 is 0 Å². The summed E-state index contributed by atoms with van der Waals surface area (Å²) in [6, 6.07) is 5.14. The molecule has 1 aromatic rings. The van der Waals surface area contributed by atoms with Crippen molar-refractivity contribution in [2.45, 2.75) is 51.4 Å². The number of nitro benzene ring substituents is 1. The molecule has 148 valence electrons. The van der Waals surface area contributed by atoms with Gasteiger partial charge in [0.1, 0.15) is 5.54 Å². The highest BCUT2D eigenvalue weighted by Gasteiger charge is 2.49. The van der Waals surface area contributed by atoms with Gasteiger partial charge in [0, 0.05) is 12.1 Å². The van der Waals surface area contributed by atoms with Crippen molar-refractivity contribution in [2.75, 3.05) is 13.2 Å². The molecular weight excluding hydrogens is 366 g/mol. The predicted molar refractivity (Wildman–Crippen MR) is 104 cm³/mol. The van der Waals surface area contributed by atoms with E-state index < -0.39 is 24.8 Å². The van der Waals surface area contributed by atoms with Gasteiger partial charge in [0.2, 0.25) is 0 Å². The fourth-order valence-electron chi connectivity index (χ4n) is 2.62. The second-order valence-electron chi connectivity index (χ2n) is 8.42. The molecule has 0 spiro atoms. The number of amides is 3. The lowest BCUT2D eigenvalue weighted by Gasteiger charge is -2.36. The Labute approximate surface area is 160 Å². The third-order valence-corrected chi connectivity index (χ3v) is 10.1. The molecule has 2 rings (SSSR count). The minimum atomic E-state index is -1.97.